The molecular weight excluding hydrogens is 314 g/mol. The molecule has 25 heavy (non-hydrogen) atoms. The Morgan fingerprint density at radius 1 is 1.12 bits per heavy atom. The molecule has 0 bridgehead atoms. The fourth-order valence-corrected chi connectivity index (χ4v) is 2.51. The maximum Gasteiger partial charge on any atom is 0.226 e. The van der Waals surface area contributed by atoms with Gasteiger partial charge in [0.1, 0.15) is 6.07 Å². The van der Waals surface area contributed by atoms with Crippen molar-refractivity contribution in [3.05, 3.63) is 59.2 Å². The number of nitrogens with zero attached hydrogens (tertiary/aromatic N) is 2. The summed E-state index contributed by atoms with van der Waals surface area (Å²) < 4.78 is 0. The Morgan fingerprint density at radius 3 is 2.48 bits per heavy atom. The van der Waals surface area contributed by atoms with E-state index in [1.807, 2.05) is 32.0 Å². The molecule has 128 valence electrons. The number of carbonyl (C=O) groups excluding carboxylic acids is 2. The van der Waals surface area contributed by atoms with Crippen LogP contribution in [0.25, 0.3) is 0 Å². The predicted molar refractivity (Wildman–Crippen MR) is 98.3 cm³/mol. The van der Waals surface area contributed by atoms with Crippen molar-refractivity contribution in [1.29, 1.82) is 5.26 Å². The standard InChI is InChI=1S/C20H21N3O2/c1-14-8-9-18(12-15(14)2)22-20(25)10-11-23(16(3)24)19-7-5-4-6-17(19)13-21/h4-9,12H,10-11H2,1-3H3,(H,22,25). The molecular formula is C20H21N3O2. The molecule has 0 saturated carbocycles. The van der Waals surface area contributed by atoms with Gasteiger partial charge in [-0.2, -0.15) is 5.26 Å². The van der Waals surface area contributed by atoms with Crippen molar-refractivity contribution in [2.24, 2.45) is 0 Å². The molecule has 0 saturated heterocycles. The van der Waals surface area contributed by atoms with Crippen molar-refractivity contribution in [2.45, 2.75) is 27.2 Å². The second kappa shape index (κ2) is 8.11. The zero-order valence-electron chi connectivity index (χ0n) is 14.7. The molecule has 1 N–H and O–H groups in total. The van der Waals surface area contributed by atoms with E-state index in [0.29, 0.717) is 11.3 Å². The van der Waals surface area contributed by atoms with Crippen molar-refractivity contribution in [3.63, 3.8) is 0 Å². The lowest BCUT2D eigenvalue weighted by Crippen LogP contribution is -2.32. The van der Waals surface area contributed by atoms with Crippen LogP contribution in [0.5, 0.6) is 0 Å². The average molecular weight is 335 g/mol. The van der Waals surface area contributed by atoms with Crippen molar-refractivity contribution in [1.82, 2.24) is 0 Å². The first-order chi connectivity index (χ1) is 11.9. The summed E-state index contributed by atoms with van der Waals surface area (Å²) in [7, 11) is 0. The van der Waals surface area contributed by atoms with E-state index in [0.717, 1.165) is 16.8 Å². The minimum absolute atomic E-state index is 0.145. The highest BCUT2D eigenvalue weighted by molar-refractivity contribution is 5.95. The molecule has 5 heteroatoms. The van der Waals surface area contributed by atoms with Gasteiger partial charge in [-0.3, -0.25) is 9.59 Å². The van der Waals surface area contributed by atoms with E-state index in [2.05, 4.69) is 11.4 Å². The average Bonchev–Trinajstić information content (AvgIpc) is 2.58. The van der Waals surface area contributed by atoms with Crippen LogP contribution in [0, 0.1) is 25.2 Å². The van der Waals surface area contributed by atoms with E-state index in [4.69, 9.17) is 0 Å². The number of benzene rings is 2. The van der Waals surface area contributed by atoms with Gasteiger partial charge in [-0.15, -0.1) is 0 Å². The van der Waals surface area contributed by atoms with Crippen molar-refractivity contribution in [3.8, 4) is 6.07 Å². The summed E-state index contributed by atoms with van der Waals surface area (Å²) in [6.07, 6.45) is 0.145. The molecule has 0 aliphatic heterocycles. The largest absolute Gasteiger partial charge is 0.326 e. The fraction of sp³-hybridized carbons (Fsp3) is 0.250. The second-order valence-electron chi connectivity index (χ2n) is 5.90. The summed E-state index contributed by atoms with van der Waals surface area (Å²) >= 11 is 0. The molecule has 0 spiro atoms. The Bertz CT molecular complexity index is 837. The molecule has 0 aliphatic rings. The smallest absolute Gasteiger partial charge is 0.226 e. The molecule has 0 aliphatic carbocycles. The minimum atomic E-state index is -0.207. The third kappa shape index (κ3) is 4.67. The Morgan fingerprint density at radius 2 is 1.84 bits per heavy atom. The van der Waals surface area contributed by atoms with Crippen LogP contribution in [-0.2, 0) is 9.59 Å². The first-order valence-corrected chi connectivity index (χ1v) is 8.06. The molecule has 0 unspecified atom stereocenters. The van der Waals surface area contributed by atoms with Crippen molar-refractivity contribution in [2.75, 3.05) is 16.8 Å². The summed E-state index contributed by atoms with van der Waals surface area (Å²) in [5, 5.41) is 12.0. The number of nitriles is 1. The van der Waals surface area contributed by atoms with Crippen molar-refractivity contribution >= 4 is 23.2 Å². The van der Waals surface area contributed by atoms with Crippen LogP contribution in [0.1, 0.15) is 30.0 Å². The zero-order chi connectivity index (χ0) is 18.4. The SMILES string of the molecule is CC(=O)N(CCC(=O)Nc1ccc(C)c(C)c1)c1ccccc1C#N. The number of anilines is 2. The van der Waals surface area contributed by atoms with Gasteiger partial charge in [0.05, 0.1) is 11.3 Å². The van der Waals surface area contributed by atoms with Gasteiger partial charge in [-0.25, -0.2) is 0 Å². The summed E-state index contributed by atoms with van der Waals surface area (Å²) in [4.78, 5) is 25.6. The Hall–Kier alpha value is -3.13. The normalized spacial score (nSPS) is 10.0. The summed E-state index contributed by atoms with van der Waals surface area (Å²) in [5.41, 5.74) is 3.93. The highest BCUT2D eigenvalue weighted by atomic mass is 16.2. The van der Waals surface area contributed by atoms with Crippen LogP contribution in [0.15, 0.2) is 42.5 Å². The van der Waals surface area contributed by atoms with Gasteiger partial charge in [0.2, 0.25) is 11.8 Å². The molecule has 2 aromatic rings. The van der Waals surface area contributed by atoms with Crippen LogP contribution in [0.2, 0.25) is 0 Å². The summed E-state index contributed by atoms with van der Waals surface area (Å²) in [6, 6.07) is 14.7. The van der Waals surface area contributed by atoms with Gasteiger partial charge in [0.15, 0.2) is 0 Å². The fourth-order valence-electron chi connectivity index (χ4n) is 2.51. The summed E-state index contributed by atoms with van der Waals surface area (Å²) in [6.45, 7) is 5.64. The van der Waals surface area contributed by atoms with Crippen molar-refractivity contribution < 1.29 is 9.59 Å². The quantitative estimate of drug-likeness (QED) is 0.908. The van der Waals surface area contributed by atoms with E-state index in [1.54, 1.807) is 24.3 Å². The zero-order valence-corrected chi connectivity index (χ0v) is 14.7. The predicted octanol–water partition coefficient (Wildman–Crippen LogP) is 3.56. The van der Waals surface area contributed by atoms with Crippen LogP contribution >= 0.6 is 0 Å². The number of aryl methyl sites for hydroxylation is 2. The molecule has 0 radical (unpaired) electrons. The van der Waals surface area contributed by atoms with Gasteiger partial charge >= 0.3 is 0 Å². The van der Waals surface area contributed by atoms with Crippen LogP contribution in [-0.4, -0.2) is 18.4 Å². The second-order valence-corrected chi connectivity index (χ2v) is 5.90. The monoisotopic (exact) mass is 335 g/mol. The molecule has 2 rings (SSSR count). The van der Waals surface area contributed by atoms with E-state index < -0.39 is 0 Å². The first-order valence-electron chi connectivity index (χ1n) is 8.06. The molecule has 2 aromatic carbocycles. The Labute approximate surface area is 147 Å². The number of amides is 2. The molecule has 2 amide bonds. The number of nitrogens with one attached hydrogen (secondary N) is 1. The van der Waals surface area contributed by atoms with Gasteiger partial charge in [-0.1, -0.05) is 18.2 Å². The summed E-state index contributed by atoms with van der Waals surface area (Å²) in [5.74, 6) is -0.384. The molecule has 0 heterocycles. The third-order valence-corrected chi connectivity index (χ3v) is 4.05. The van der Waals surface area contributed by atoms with Gasteiger partial charge in [0.25, 0.3) is 0 Å². The topological polar surface area (TPSA) is 73.2 Å². The molecule has 0 fully saturated rings. The Kier molecular flexibility index (Phi) is 5.91. The van der Waals surface area contributed by atoms with E-state index in [9.17, 15) is 14.9 Å². The highest BCUT2D eigenvalue weighted by Crippen LogP contribution is 2.20. The third-order valence-electron chi connectivity index (χ3n) is 4.05. The molecule has 5 nitrogen and oxygen atoms in total. The lowest BCUT2D eigenvalue weighted by atomic mass is 10.1. The molecule has 0 aromatic heterocycles. The van der Waals surface area contributed by atoms with Gasteiger partial charge in [0, 0.05) is 25.6 Å². The number of carbonyl (C=O) groups is 2. The Balaban J connectivity index is 2.06. The first kappa shape index (κ1) is 18.2. The van der Waals surface area contributed by atoms with Gasteiger partial charge < -0.3 is 10.2 Å². The van der Waals surface area contributed by atoms with Crippen LogP contribution < -0.4 is 10.2 Å². The van der Waals surface area contributed by atoms with E-state index >= 15 is 0 Å². The maximum atomic E-state index is 12.2. The maximum absolute atomic E-state index is 12.2. The number of hydrogen-bond donors (Lipinski definition) is 1. The molecule has 0 atom stereocenters. The highest BCUT2D eigenvalue weighted by Gasteiger charge is 2.16. The van der Waals surface area contributed by atoms with Crippen LogP contribution in [0.3, 0.4) is 0 Å². The number of rotatable bonds is 5. The van der Waals surface area contributed by atoms with Crippen LogP contribution in [0.4, 0.5) is 11.4 Å². The lowest BCUT2D eigenvalue weighted by Gasteiger charge is -2.22. The van der Waals surface area contributed by atoms with E-state index in [1.165, 1.54) is 11.8 Å². The lowest BCUT2D eigenvalue weighted by molar-refractivity contribution is -0.117. The van der Waals surface area contributed by atoms with E-state index in [-0.39, 0.29) is 24.8 Å². The van der Waals surface area contributed by atoms with Gasteiger partial charge in [-0.05, 0) is 49.2 Å². The number of para-hydroxylation sites is 1. The minimum Gasteiger partial charge on any atom is -0.326 e. The number of hydrogen-bond acceptors (Lipinski definition) is 3.